The fraction of sp³-hybridized carbons (Fsp3) is 0.455. The van der Waals surface area contributed by atoms with Gasteiger partial charge in [0.15, 0.2) is 11.7 Å². The van der Waals surface area contributed by atoms with Gasteiger partial charge in [0, 0.05) is 50.8 Å². The Morgan fingerprint density at radius 1 is 1.21 bits per heavy atom. The largest absolute Gasteiger partial charge is 0.439 e. The van der Waals surface area contributed by atoms with Gasteiger partial charge in [0.05, 0.1) is 11.7 Å². The Morgan fingerprint density at radius 3 is 2.75 bits per heavy atom. The molecular formula is C22H26N4O2. The summed E-state index contributed by atoms with van der Waals surface area (Å²) in [7, 11) is 0. The summed E-state index contributed by atoms with van der Waals surface area (Å²) in [5, 5.41) is 0.839. The highest BCUT2D eigenvalue weighted by Crippen LogP contribution is 2.28. The van der Waals surface area contributed by atoms with E-state index in [0.29, 0.717) is 59.1 Å². The molecular weight excluding hydrogens is 352 g/mol. The number of aromatic nitrogens is 3. The highest BCUT2D eigenvalue weighted by molar-refractivity contribution is 5.85. The standard InChI is InChI=1S/C22H26N4O2/c1-14-23-13-22(28-14)19-9-6-16-12-24-17(10-20(16)25-19)11-21(27)15-4-7-18(8-5-15)26(2)3/h6,9-10,12-13,15,18H,4-5,7-8,11H2,1-3H3/i2D3,3D3. The van der Waals surface area contributed by atoms with Crippen molar-refractivity contribution in [3.63, 3.8) is 0 Å². The van der Waals surface area contributed by atoms with Gasteiger partial charge in [-0.3, -0.25) is 9.78 Å². The molecule has 146 valence electrons. The number of oxazole rings is 1. The number of carbonyl (C=O) groups excluding carboxylic acids is 1. The van der Waals surface area contributed by atoms with Crippen LogP contribution in [0.5, 0.6) is 0 Å². The number of Topliss-reactive ketones (excluding diaryl/α,β-unsaturated/α-hetero) is 1. The number of aryl methyl sites for hydroxylation is 1. The van der Waals surface area contributed by atoms with Gasteiger partial charge in [-0.25, -0.2) is 9.97 Å². The van der Waals surface area contributed by atoms with Gasteiger partial charge in [-0.05, 0) is 57.8 Å². The monoisotopic (exact) mass is 384 g/mol. The number of rotatable bonds is 5. The van der Waals surface area contributed by atoms with Crippen LogP contribution in [-0.4, -0.2) is 45.6 Å². The van der Waals surface area contributed by atoms with Crippen LogP contribution < -0.4 is 0 Å². The summed E-state index contributed by atoms with van der Waals surface area (Å²) in [6.45, 7) is -3.66. The van der Waals surface area contributed by atoms with Crippen LogP contribution in [0.1, 0.15) is 45.5 Å². The number of fused-ring (bicyclic) bond motifs is 1. The molecule has 0 unspecified atom stereocenters. The molecule has 28 heavy (non-hydrogen) atoms. The Kier molecular flexibility index (Phi) is 3.56. The molecule has 0 aromatic carbocycles. The third kappa shape index (κ3) is 3.97. The number of hydrogen-bond acceptors (Lipinski definition) is 6. The van der Waals surface area contributed by atoms with E-state index >= 15 is 0 Å². The van der Waals surface area contributed by atoms with Crippen LogP contribution in [0.4, 0.5) is 0 Å². The number of pyridine rings is 2. The minimum Gasteiger partial charge on any atom is -0.439 e. The zero-order chi connectivity index (χ0) is 24.7. The molecule has 0 amide bonds. The Morgan fingerprint density at radius 2 is 2.04 bits per heavy atom. The molecule has 0 radical (unpaired) electrons. The van der Waals surface area contributed by atoms with Crippen LogP contribution in [0, 0.1) is 12.8 Å². The molecule has 1 aliphatic carbocycles. The van der Waals surface area contributed by atoms with E-state index in [-0.39, 0.29) is 18.1 Å². The van der Waals surface area contributed by atoms with Gasteiger partial charge in [0.2, 0.25) is 0 Å². The maximum absolute atomic E-state index is 12.9. The molecule has 3 heterocycles. The van der Waals surface area contributed by atoms with Gasteiger partial charge in [-0.2, -0.15) is 0 Å². The van der Waals surface area contributed by atoms with Gasteiger partial charge in [-0.1, -0.05) is 0 Å². The lowest BCUT2D eigenvalue weighted by molar-refractivity contribution is -0.123. The predicted octanol–water partition coefficient (Wildman–Crippen LogP) is 3.83. The average molecular weight is 385 g/mol. The van der Waals surface area contributed by atoms with E-state index in [1.54, 1.807) is 25.4 Å². The highest BCUT2D eigenvalue weighted by atomic mass is 16.4. The van der Waals surface area contributed by atoms with Gasteiger partial charge >= 0.3 is 0 Å². The smallest absolute Gasteiger partial charge is 0.191 e. The second-order valence-electron chi connectivity index (χ2n) is 7.33. The second-order valence-corrected chi connectivity index (χ2v) is 7.33. The maximum atomic E-state index is 12.9. The quantitative estimate of drug-likeness (QED) is 0.666. The molecule has 0 atom stereocenters. The van der Waals surface area contributed by atoms with E-state index in [2.05, 4.69) is 15.0 Å². The van der Waals surface area contributed by atoms with Gasteiger partial charge in [0.25, 0.3) is 0 Å². The number of hydrogen-bond donors (Lipinski definition) is 0. The van der Waals surface area contributed by atoms with Crippen molar-refractivity contribution in [3.05, 3.63) is 42.2 Å². The molecule has 0 spiro atoms. The minimum absolute atomic E-state index is 0.0154. The van der Waals surface area contributed by atoms with Crippen LogP contribution in [0.25, 0.3) is 22.4 Å². The molecule has 3 aromatic rings. The topological polar surface area (TPSA) is 72.1 Å². The Balaban J connectivity index is 1.43. The molecule has 1 aliphatic rings. The molecule has 0 aliphatic heterocycles. The van der Waals surface area contributed by atoms with E-state index in [4.69, 9.17) is 12.6 Å². The van der Waals surface area contributed by atoms with Crippen molar-refractivity contribution in [1.82, 2.24) is 19.9 Å². The van der Waals surface area contributed by atoms with Crippen LogP contribution in [0.3, 0.4) is 0 Å². The third-order valence-corrected chi connectivity index (χ3v) is 5.38. The van der Waals surface area contributed by atoms with Crippen LogP contribution in [-0.2, 0) is 11.2 Å². The summed E-state index contributed by atoms with van der Waals surface area (Å²) >= 11 is 0. The summed E-state index contributed by atoms with van der Waals surface area (Å²) in [4.78, 5) is 26.7. The fourth-order valence-corrected chi connectivity index (χ4v) is 3.75. The van der Waals surface area contributed by atoms with Crippen molar-refractivity contribution >= 4 is 16.7 Å². The molecule has 0 saturated heterocycles. The number of nitrogens with zero attached hydrogens (tertiary/aromatic N) is 4. The molecule has 3 aromatic heterocycles. The van der Waals surface area contributed by atoms with Crippen molar-refractivity contribution in [2.75, 3.05) is 14.0 Å². The summed E-state index contributed by atoms with van der Waals surface area (Å²) in [5.41, 5.74) is 1.94. The number of carbonyl (C=O) groups is 1. The van der Waals surface area contributed by atoms with Crippen molar-refractivity contribution in [2.24, 2.45) is 5.92 Å². The van der Waals surface area contributed by atoms with Crippen LogP contribution in [0.2, 0.25) is 0 Å². The van der Waals surface area contributed by atoms with Crippen molar-refractivity contribution < 1.29 is 17.4 Å². The van der Waals surface area contributed by atoms with E-state index < -0.39 is 20.0 Å². The molecule has 1 fully saturated rings. The van der Waals surface area contributed by atoms with Gasteiger partial charge in [-0.15, -0.1) is 0 Å². The molecule has 6 nitrogen and oxygen atoms in total. The molecule has 0 N–H and O–H groups in total. The maximum Gasteiger partial charge on any atom is 0.191 e. The first-order chi connectivity index (χ1) is 15.9. The molecule has 1 saturated carbocycles. The summed E-state index contributed by atoms with van der Waals surface area (Å²) in [6.07, 6.45) is 5.04. The van der Waals surface area contributed by atoms with Crippen LogP contribution in [0.15, 0.2) is 35.0 Å². The fourth-order valence-electron chi connectivity index (χ4n) is 3.75. The normalized spacial score (nSPS) is 24.1. The predicted molar refractivity (Wildman–Crippen MR) is 108 cm³/mol. The number of ketones is 1. The minimum atomic E-state index is -2.71. The lowest BCUT2D eigenvalue weighted by Gasteiger charge is -2.31. The first-order valence-electron chi connectivity index (χ1n) is 12.4. The van der Waals surface area contributed by atoms with Crippen molar-refractivity contribution in [3.8, 4) is 11.5 Å². The molecule has 0 bridgehead atoms. The second kappa shape index (κ2) is 7.80. The lowest BCUT2D eigenvalue weighted by atomic mass is 9.82. The van der Waals surface area contributed by atoms with Crippen LogP contribution >= 0.6 is 0 Å². The van der Waals surface area contributed by atoms with E-state index in [0.717, 1.165) is 5.39 Å². The Labute approximate surface area is 173 Å². The zero-order valence-electron chi connectivity index (χ0n) is 21.7. The highest BCUT2D eigenvalue weighted by Gasteiger charge is 2.27. The molecule has 4 rings (SSSR count). The Hall–Kier alpha value is -2.60. The summed E-state index contributed by atoms with van der Waals surface area (Å²) in [5.74, 6) is 0.879. The van der Waals surface area contributed by atoms with Crippen molar-refractivity contribution in [1.29, 1.82) is 0 Å². The van der Waals surface area contributed by atoms with E-state index in [1.165, 1.54) is 0 Å². The van der Waals surface area contributed by atoms with Crippen molar-refractivity contribution in [2.45, 2.75) is 45.1 Å². The Bertz CT molecular complexity index is 1170. The van der Waals surface area contributed by atoms with E-state index in [9.17, 15) is 4.79 Å². The van der Waals surface area contributed by atoms with Gasteiger partial charge < -0.3 is 9.32 Å². The molecule has 6 heteroatoms. The zero-order valence-corrected chi connectivity index (χ0v) is 15.7. The summed E-state index contributed by atoms with van der Waals surface area (Å²) < 4.78 is 51.2. The summed E-state index contributed by atoms with van der Waals surface area (Å²) in [6, 6.07) is 4.90. The average Bonchev–Trinajstić information content (AvgIpc) is 3.18. The lowest BCUT2D eigenvalue weighted by Crippen LogP contribution is -2.34. The SMILES string of the molecule is [2H]C([2H])([2H])N(C1CCC(C(=O)Cc2cc3nc(-c4cnc(C)o4)ccc3cn2)CC1)C([2H])([2H])[2H]. The van der Waals surface area contributed by atoms with E-state index in [1.807, 2.05) is 12.1 Å². The van der Waals surface area contributed by atoms with Gasteiger partial charge in [0.1, 0.15) is 11.5 Å². The first-order valence-corrected chi connectivity index (χ1v) is 9.42. The first kappa shape index (κ1) is 12.8. The third-order valence-electron chi connectivity index (χ3n) is 5.38.